The number of benzene rings is 9. The summed E-state index contributed by atoms with van der Waals surface area (Å²) in [6.07, 6.45) is 4.68. The molecule has 2 aliphatic carbocycles. The minimum atomic E-state index is -0.343. The molecule has 0 spiro atoms. The Hall–Kier alpha value is -7.56. The number of rotatable bonds is 6. The van der Waals surface area contributed by atoms with Gasteiger partial charge in [0.15, 0.2) is 0 Å². The van der Waals surface area contributed by atoms with Crippen molar-refractivity contribution in [1.82, 2.24) is 0 Å². The Balaban J connectivity index is 1.20. The molecule has 3 nitrogen and oxygen atoms in total. The van der Waals surface area contributed by atoms with Crippen molar-refractivity contribution in [1.29, 1.82) is 0 Å². The third-order valence-electron chi connectivity index (χ3n) is 22.1. The Morgan fingerprint density at radius 1 is 0.382 bits per heavy atom. The summed E-state index contributed by atoms with van der Waals surface area (Å²) in [5.74, 6) is 0. The lowest BCUT2D eigenvalue weighted by Crippen LogP contribution is -2.65. The molecule has 2 atom stereocenters. The third kappa shape index (κ3) is 9.01. The zero-order valence-electron chi connectivity index (χ0n) is 57.0. The van der Waals surface area contributed by atoms with E-state index in [0.29, 0.717) is 0 Å². The normalized spacial score (nSPS) is 18.9. The molecule has 0 N–H and O–H groups in total. The van der Waals surface area contributed by atoms with E-state index in [1.165, 1.54) is 136 Å². The second kappa shape index (κ2) is 19.7. The van der Waals surface area contributed by atoms with Gasteiger partial charge in [0.05, 0.1) is 16.9 Å². The molecule has 0 radical (unpaired) electrons. The summed E-state index contributed by atoms with van der Waals surface area (Å²) < 4.78 is 0. The molecule has 452 valence electrons. The summed E-state index contributed by atoms with van der Waals surface area (Å²) in [5.41, 5.74) is 32.1. The molecule has 0 bridgehead atoms. The second-order valence-corrected chi connectivity index (χ2v) is 33.4. The smallest absolute Gasteiger partial charge is 0.252 e. The van der Waals surface area contributed by atoms with Crippen LogP contribution < -0.4 is 31.1 Å². The SMILES string of the molecule is CC(C)(C)c1ccc(N(c2ccc(C(C)(C)C)cc2)c2cc3c4c(c2)N2c5c(cc(C(C)(C)C)cc5C5(C)CCCCC25C)B4c2c(ccc4c2C(C)(C)c2cc(C(C)(C)C)ccc2-4)N3c2c(-c3ccccc3)cc(C(C)(C)C)cc2-c2ccccc2)cc1. The lowest BCUT2D eigenvalue weighted by atomic mass is 9.32. The second-order valence-electron chi connectivity index (χ2n) is 33.4. The summed E-state index contributed by atoms with van der Waals surface area (Å²) >= 11 is 0. The Bertz CT molecular complexity index is 4200. The van der Waals surface area contributed by atoms with Crippen molar-refractivity contribution in [3.8, 4) is 33.4 Å². The summed E-state index contributed by atoms with van der Waals surface area (Å²) in [7, 11) is 0. The molecule has 89 heavy (non-hydrogen) atoms. The molecule has 0 amide bonds. The first-order valence-electron chi connectivity index (χ1n) is 33.4. The molecular weight excluding hydrogens is 1070 g/mol. The first-order chi connectivity index (χ1) is 41.8. The molecule has 3 aliphatic heterocycles. The van der Waals surface area contributed by atoms with Gasteiger partial charge in [-0.1, -0.05) is 259 Å². The van der Waals surface area contributed by atoms with Crippen molar-refractivity contribution in [3.05, 3.63) is 220 Å². The fraction of sp³-hybridized carbons (Fsp3) is 0.365. The van der Waals surface area contributed by atoms with E-state index in [9.17, 15) is 0 Å². The lowest BCUT2D eigenvalue weighted by molar-refractivity contribution is 0.195. The van der Waals surface area contributed by atoms with Gasteiger partial charge in [0.1, 0.15) is 0 Å². The monoisotopic (exact) mass is 1170 g/mol. The van der Waals surface area contributed by atoms with E-state index >= 15 is 0 Å². The number of fused-ring (bicyclic) bond motifs is 11. The minimum Gasteiger partial charge on any atom is -0.335 e. The van der Waals surface area contributed by atoms with Gasteiger partial charge >= 0.3 is 0 Å². The highest BCUT2D eigenvalue weighted by Gasteiger charge is 2.62. The van der Waals surface area contributed by atoms with E-state index < -0.39 is 0 Å². The van der Waals surface area contributed by atoms with Gasteiger partial charge in [0.2, 0.25) is 0 Å². The molecule has 4 heteroatoms. The van der Waals surface area contributed by atoms with E-state index in [0.717, 1.165) is 29.9 Å². The summed E-state index contributed by atoms with van der Waals surface area (Å²) in [6, 6.07) is 70.0. The third-order valence-corrected chi connectivity index (χ3v) is 22.1. The van der Waals surface area contributed by atoms with Gasteiger partial charge in [-0.2, -0.15) is 0 Å². The molecule has 5 aliphatic rings. The van der Waals surface area contributed by atoms with Crippen molar-refractivity contribution < 1.29 is 0 Å². The first-order valence-corrected chi connectivity index (χ1v) is 33.4. The average Bonchev–Trinajstić information content (AvgIpc) is 1.57. The average molecular weight is 1170 g/mol. The highest BCUT2D eigenvalue weighted by molar-refractivity contribution is 7.01. The van der Waals surface area contributed by atoms with Gasteiger partial charge in [0.25, 0.3) is 6.71 Å². The molecule has 9 aromatic rings. The Labute approximate surface area is 534 Å². The van der Waals surface area contributed by atoms with Crippen molar-refractivity contribution >= 4 is 68.6 Å². The maximum absolute atomic E-state index is 2.96. The Morgan fingerprint density at radius 3 is 1.38 bits per heavy atom. The van der Waals surface area contributed by atoms with Gasteiger partial charge in [-0.3, -0.25) is 0 Å². The molecule has 9 aromatic carbocycles. The predicted molar refractivity (Wildman–Crippen MR) is 385 cm³/mol. The van der Waals surface area contributed by atoms with Crippen LogP contribution in [0.2, 0.25) is 0 Å². The predicted octanol–water partition coefficient (Wildman–Crippen LogP) is 21.6. The molecule has 3 heterocycles. The quantitative estimate of drug-likeness (QED) is 0.154. The van der Waals surface area contributed by atoms with Crippen LogP contribution in [0.4, 0.5) is 45.5 Å². The number of nitrogens with zero attached hydrogens (tertiary/aromatic N) is 3. The van der Waals surface area contributed by atoms with E-state index in [1.807, 2.05) is 0 Å². The maximum atomic E-state index is 2.96. The first kappa shape index (κ1) is 59.1. The van der Waals surface area contributed by atoms with E-state index in [4.69, 9.17) is 0 Å². The zero-order chi connectivity index (χ0) is 63.1. The maximum Gasteiger partial charge on any atom is 0.252 e. The van der Waals surface area contributed by atoms with Gasteiger partial charge < -0.3 is 14.7 Å². The summed E-state index contributed by atoms with van der Waals surface area (Å²) in [4.78, 5) is 8.36. The molecule has 1 saturated carbocycles. The largest absolute Gasteiger partial charge is 0.335 e. The van der Waals surface area contributed by atoms with Crippen LogP contribution >= 0.6 is 0 Å². The molecular formula is C85H94BN3. The molecule has 2 unspecified atom stereocenters. The number of hydrogen-bond donors (Lipinski definition) is 0. The summed E-state index contributed by atoms with van der Waals surface area (Å²) in [5, 5.41) is 0. The van der Waals surface area contributed by atoms with Crippen LogP contribution in [-0.2, 0) is 37.9 Å². The van der Waals surface area contributed by atoms with Crippen molar-refractivity contribution in [2.24, 2.45) is 0 Å². The zero-order valence-corrected chi connectivity index (χ0v) is 57.0. The number of anilines is 8. The van der Waals surface area contributed by atoms with Gasteiger partial charge in [-0.05, 0) is 185 Å². The molecule has 0 aromatic heterocycles. The van der Waals surface area contributed by atoms with Crippen LogP contribution in [0.1, 0.15) is 202 Å². The topological polar surface area (TPSA) is 9.72 Å². The van der Waals surface area contributed by atoms with Crippen molar-refractivity contribution in [2.45, 2.75) is 201 Å². The van der Waals surface area contributed by atoms with Crippen LogP contribution in [0, 0.1) is 0 Å². The van der Waals surface area contributed by atoms with E-state index in [2.05, 4.69) is 322 Å². The Kier molecular flexibility index (Phi) is 13.1. The molecule has 1 fully saturated rings. The fourth-order valence-corrected chi connectivity index (χ4v) is 16.7. The van der Waals surface area contributed by atoms with Crippen LogP contribution in [0.5, 0.6) is 0 Å². The van der Waals surface area contributed by atoms with Crippen LogP contribution in [0.25, 0.3) is 33.4 Å². The van der Waals surface area contributed by atoms with Gasteiger partial charge in [-0.25, -0.2) is 0 Å². The number of hydrogen-bond acceptors (Lipinski definition) is 3. The van der Waals surface area contributed by atoms with Crippen molar-refractivity contribution in [2.75, 3.05) is 14.7 Å². The van der Waals surface area contributed by atoms with Crippen LogP contribution in [-0.4, -0.2) is 12.3 Å². The molecule has 0 saturated heterocycles. The van der Waals surface area contributed by atoms with E-state index in [1.54, 1.807) is 0 Å². The van der Waals surface area contributed by atoms with Crippen LogP contribution in [0.3, 0.4) is 0 Å². The van der Waals surface area contributed by atoms with Gasteiger partial charge in [0, 0.05) is 56.1 Å². The van der Waals surface area contributed by atoms with Crippen molar-refractivity contribution in [3.63, 3.8) is 0 Å². The van der Waals surface area contributed by atoms with E-state index in [-0.39, 0.29) is 50.2 Å². The summed E-state index contributed by atoms with van der Waals surface area (Å²) in [6.45, 7) is 45.9. The van der Waals surface area contributed by atoms with Crippen LogP contribution in [0.15, 0.2) is 176 Å². The molecule has 14 rings (SSSR count). The highest BCUT2D eigenvalue weighted by Crippen LogP contribution is 2.64. The van der Waals surface area contributed by atoms with Gasteiger partial charge in [-0.15, -0.1) is 0 Å². The minimum absolute atomic E-state index is 0.00708. The fourth-order valence-electron chi connectivity index (χ4n) is 16.7. The highest BCUT2D eigenvalue weighted by atomic mass is 15.3. The standard InChI is InChI=1S/C85H94BN3/c1-78(2,3)55-32-37-60(38-33-55)87(61-39-34-56(35-40-61)79(4,5)6)62-51-71-74-72(52-62)89-77-68(84(18)44-26-27-45-85(84,89)19)49-59(82(13,14)15)50-69(77)86(74)75-70(43-42-64-63-41-36-57(80(7,8)9)48-67(63)83(16,17)73(64)75)88(71)76-65(53-28-22-20-23-29-53)46-58(81(10,11)12)47-66(76)54-30-24-21-25-31-54/h20-25,28-43,46-52H,26-27,44-45H2,1-19H3. The lowest BCUT2D eigenvalue weighted by Gasteiger charge is -2.53. The Morgan fingerprint density at radius 2 is 0.854 bits per heavy atom.